The van der Waals surface area contributed by atoms with Gasteiger partial charge in [0.15, 0.2) is 11.5 Å². The van der Waals surface area contributed by atoms with Gasteiger partial charge in [-0.05, 0) is 45.4 Å². The lowest BCUT2D eigenvalue weighted by atomic mass is 10.2. The molecular formula is C18H24N4O5. The molecule has 1 aromatic heterocycles. The Morgan fingerprint density at radius 3 is 2.56 bits per heavy atom. The number of rotatable bonds is 9. The van der Waals surface area contributed by atoms with Crippen LogP contribution in [0.1, 0.15) is 38.1 Å². The molecule has 1 atom stereocenters. The first-order valence-electron chi connectivity index (χ1n) is 8.73. The first-order valence-corrected chi connectivity index (χ1v) is 8.73. The quantitative estimate of drug-likeness (QED) is 0.532. The normalized spacial score (nSPS) is 11.7. The molecule has 0 aliphatic carbocycles. The average Bonchev–Trinajstić information content (AvgIpc) is 3.03. The summed E-state index contributed by atoms with van der Waals surface area (Å²) in [7, 11) is 0. The van der Waals surface area contributed by atoms with Crippen molar-refractivity contribution in [1.29, 1.82) is 0 Å². The van der Waals surface area contributed by atoms with Gasteiger partial charge in [-0.25, -0.2) is 0 Å². The minimum atomic E-state index is -0.673. The van der Waals surface area contributed by atoms with Crippen LogP contribution in [0.15, 0.2) is 24.4 Å². The smallest absolute Gasteiger partial charge is 0.309 e. The summed E-state index contributed by atoms with van der Waals surface area (Å²) in [6.07, 6.45) is 1.15. The van der Waals surface area contributed by atoms with Crippen molar-refractivity contribution in [3.05, 3.63) is 45.8 Å². The van der Waals surface area contributed by atoms with Gasteiger partial charge in [0.25, 0.3) is 0 Å². The molecule has 0 aliphatic rings. The van der Waals surface area contributed by atoms with E-state index in [2.05, 4.69) is 10.4 Å². The Morgan fingerprint density at radius 2 is 1.96 bits per heavy atom. The van der Waals surface area contributed by atoms with E-state index < -0.39 is 11.0 Å². The van der Waals surface area contributed by atoms with Crippen molar-refractivity contribution >= 4 is 11.6 Å². The number of amides is 1. The summed E-state index contributed by atoms with van der Waals surface area (Å²) >= 11 is 0. The third kappa shape index (κ3) is 4.75. The molecule has 1 N–H and O–H groups in total. The number of carbonyl (C=O) groups is 1. The summed E-state index contributed by atoms with van der Waals surface area (Å²) in [6, 6.07) is 4.81. The van der Waals surface area contributed by atoms with E-state index in [0.717, 1.165) is 11.8 Å². The molecule has 0 fully saturated rings. The standard InChI is InChI=1S/C18H24N4O5/c1-5-26-16-8-7-14(9-17(16)27-6-2)10-19-18(23)13(4)21-12(3)15(11-20-21)22(24)25/h7-9,11,13H,5-6,10H2,1-4H3,(H,19,23). The van der Waals surface area contributed by atoms with Gasteiger partial charge in [0.2, 0.25) is 5.91 Å². The van der Waals surface area contributed by atoms with Gasteiger partial charge >= 0.3 is 5.69 Å². The number of ether oxygens (including phenoxy) is 2. The summed E-state index contributed by atoms with van der Waals surface area (Å²) in [5, 5.41) is 17.7. The molecule has 2 aromatic rings. The molecule has 146 valence electrons. The highest BCUT2D eigenvalue weighted by atomic mass is 16.6. The maximum Gasteiger partial charge on any atom is 0.309 e. The number of hydrogen-bond acceptors (Lipinski definition) is 6. The number of carbonyl (C=O) groups excluding carboxylic acids is 1. The molecule has 2 rings (SSSR count). The van der Waals surface area contributed by atoms with Gasteiger partial charge < -0.3 is 14.8 Å². The van der Waals surface area contributed by atoms with Crippen molar-refractivity contribution in [2.24, 2.45) is 0 Å². The number of nitrogens with zero attached hydrogens (tertiary/aromatic N) is 3. The van der Waals surface area contributed by atoms with Gasteiger partial charge in [-0.1, -0.05) is 6.07 Å². The fourth-order valence-corrected chi connectivity index (χ4v) is 2.64. The SMILES string of the molecule is CCOc1ccc(CNC(=O)C(C)n2ncc([N+](=O)[O-])c2C)cc1OCC. The fourth-order valence-electron chi connectivity index (χ4n) is 2.64. The van der Waals surface area contributed by atoms with Crippen molar-refractivity contribution in [1.82, 2.24) is 15.1 Å². The monoisotopic (exact) mass is 376 g/mol. The fraction of sp³-hybridized carbons (Fsp3) is 0.444. The van der Waals surface area contributed by atoms with Crippen molar-refractivity contribution in [2.45, 2.75) is 40.3 Å². The van der Waals surface area contributed by atoms with E-state index in [1.54, 1.807) is 19.9 Å². The molecule has 27 heavy (non-hydrogen) atoms. The van der Waals surface area contributed by atoms with Crippen molar-refractivity contribution in [2.75, 3.05) is 13.2 Å². The molecule has 0 bridgehead atoms. The Labute approximate surface area is 157 Å². The molecule has 9 heteroatoms. The van der Waals surface area contributed by atoms with Gasteiger partial charge in [-0.2, -0.15) is 5.10 Å². The highest BCUT2D eigenvalue weighted by Crippen LogP contribution is 2.28. The Hall–Kier alpha value is -3.10. The molecule has 9 nitrogen and oxygen atoms in total. The largest absolute Gasteiger partial charge is 0.490 e. The highest BCUT2D eigenvalue weighted by Gasteiger charge is 2.23. The molecule has 0 saturated carbocycles. The lowest BCUT2D eigenvalue weighted by molar-refractivity contribution is -0.385. The van der Waals surface area contributed by atoms with Gasteiger partial charge in [-0.15, -0.1) is 0 Å². The van der Waals surface area contributed by atoms with E-state index in [4.69, 9.17) is 9.47 Å². The van der Waals surface area contributed by atoms with E-state index in [-0.39, 0.29) is 18.1 Å². The van der Waals surface area contributed by atoms with Crippen LogP contribution in [0, 0.1) is 17.0 Å². The van der Waals surface area contributed by atoms with Crippen LogP contribution in [0.4, 0.5) is 5.69 Å². The van der Waals surface area contributed by atoms with Crippen molar-refractivity contribution in [3.8, 4) is 11.5 Å². The first kappa shape index (κ1) is 20.2. The summed E-state index contributed by atoms with van der Waals surface area (Å²) in [5.41, 5.74) is 1.08. The molecular weight excluding hydrogens is 352 g/mol. The molecule has 0 radical (unpaired) electrons. The Kier molecular flexibility index (Phi) is 6.75. The minimum absolute atomic E-state index is 0.109. The summed E-state index contributed by atoms with van der Waals surface area (Å²) in [5.74, 6) is 0.989. The van der Waals surface area contributed by atoms with Crippen LogP contribution in [0.3, 0.4) is 0 Å². The van der Waals surface area contributed by atoms with E-state index in [0.29, 0.717) is 30.4 Å². The van der Waals surface area contributed by atoms with Crippen LogP contribution in [-0.2, 0) is 11.3 Å². The predicted molar refractivity (Wildman–Crippen MR) is 99.0 cm³/mol. The second-order valence-corrected chi connectivity index (χ2v) is 5.86. The third-order valence-electron chi connectivity index (χ3n) is 4.04. The van der Waals surface area contributed by atoms with Crippen LogP contribution in [0.25, 0.3) is 0 Å². The molecule has 1 unspecified atom stereocenters. The van der Waals surface area contributed by atoms with Gasteiger partial charge in [0.05, 0.1) is 18.1 Å². The van der Waals surface area contributed by atoms with Crippen LogP contribution < -0.4 is 14.8 Å². The molecule has 1 heterocycles. The van der Waals surface area contributed by atoms with E-state index in [1.165, 1.54) is 4.68 Å². The zero-order chi connectivity index (χ0) is 20.0. The number of benzene rings is 1. The Morgan fingerprint density at radius 1 is 1.30 bits per heavy atom. The number of nitrogens with one attached hydrogen (secondary N) is 1. The Bertz CT molecular complexity index is 818. The zero-order valence-electron chi connectivity index (χ0n) is 15.9. The summed E-state index contributed by atoms with van der Waals surface area (Å²) < 4.78 is 12.4. The van der Waals surface area contributed by atoms with Crippen molar-refractivity contribution < 1.29 is 19.2 Å². The van der Waals surface area contributed by atoms with Crippen LogP contribution >= 0.6 is 0 Å². The average molecular weight is 376 g/mol. The predicted octanol–water partition coefficient (Wildman–Crippen LogP) is 2.77. The molecule has 1 aromatic carbocycles. The van der Waals surface area contributed by atoms with Crippen LogP contribution in [0.5, 0.6) is 11.5 Å². The number of aromatic nitrogens is 2. The lowest BCUT2D eigenvalue weighted by Crippen LogP contribution is -2.31. The Balaban J connectivity index is 2.06. The zero-order valence-corrected chi connectivity index (χ0v) is 15.9. The first-order chi connectivity index (χ1) is 12.9. The molecule has 1 amide bonds. The van der Waals surface area contributed by atoms with E-state index in [9.17, 15) is 14.9 Å². The van der Waals surface area contributed by atoms with Gasteiger partial charge in [0.1, 0.15) is 17.9 Å². The third-order valence-corrected chi connectivity index (χ3v) is 4.04. The van der Waals surface area contributed by atoms with Gasteiger partial charge in [-0.3, -0.25) is 19.6 Å². The molecule has 0 saturated heterocycles. The van der Waals surface area contributed by atoms with Crippen LogP contribution in [0.2, 0.25) is 0 Å². The highest BCUT2D eigenvalue weighted by molar-refractivity contribution is 5.80. The lowest BCUT2D eigenvalue weighted by Gasteiger charge is -2.15. The molecule has 0 spiro atoms. The van der Waals surface area contributed by atoms with E-state index in [1.807, 2.05) is 26.0 Å². The number of hydrogen-bond donors (Lipinski definition) is 1. The van der Waals surface area contributed by atoms with E-state index >= 15 is 0 Å². The maximum atomic E-state index is 12.4. The second-order valence-electron chi connectivity index (χ2n) is 5.86. The van der Waals surface area contributed by atoms with Crippen LogP contribution in [-0.4, -0.2) is 33.8 Å². The topological polar surface area (TPSA) is 109 Å². The maximum absolute atomic E-state index is 12.4. The van der Waals surface area contributed by atoms with Gasteiger partial charge in [0, 0.05) is 6.54 Å². The number of nitro groups is 1. The minimum Gasteiger partial charge on any atom is -0.490 e. The van der Waals surface area contributed by atoms with Crippen molar-refractivity contribution in [3.63, 3.8) is 0 Å². The summed E-state index contributed by atoms with van der Waals surface area (Å²) in [4.78, 5) is 22.8. The second kappa shape index (κ2) is 9.02. The summed E-state index contributed by atoms with van der Waals surface area (Å²) in [6.45, 7) is 8.31. The molecule has 0 aliphatic heterocycles.